The third-order valence-corrected chi connectivity index (χ3v) is 3.23. The van der Waals surface area contributed by atoms with E-state index in [4.69, 9.17) is 4.52 Å². The van der Waals surface area contributed by atoms with E-state index in [1.54, 1.807) is 6.92 Å². The van der Waals surface area contributed by atoms with Gasteiger partial charge in [0.1, 0.15) is 0 Å². The van der Waals surface area contributed by atoms with Gasteiger partial charge >= 0.3 is 0 Å². The van der Waals surface area contributed by atoms with Gasteiger partial charge in [0.15, 0.2) is 11.8 Å². The number of guanidine groups is 1. The van der Waals surface area contributed by atoms with E-state index >= 15 is 0 Å². The minimum atomic E-state index is 0. The minimum absolute atomic E-state index is 0. The maximum Gasteiger partial charge on any atom is 0.246 e. The molecule has 0 aliphatic carbocycles. The van der Waals surface area contributed by atoms with E-state index in [0.717, 1.165) is 12.5 Å². The average Bonchev–Trinajstić information content (AvgIpc) is 2.89. The Labute approximate surface area is 154 Å². The van der Waals surface area contributed by atoms with Gasteiger partial charge in [-0.05, 0) is 38.8 Å². The Morgan fingerprint density at radius 3 is 2.61 bits per heavy atom. The Hall–Kier alpha value is -1.64. The van der Waals surface area contributed by atoms with Crippen molar-refractivity contribution in [3.05, 3.63) is 46.6 Å². The second kappa shape index (κ2) is 9.49. The van der Waals surface area contributed by atoms with E-state index in [1.807, 2.05) is 6.92 Å². The molecule has 23 heavy (non-hydrogen) atoms. The second-order valence-corrected chi connectivity index (χ2v) is 5.21. The number of benzene rings is 1. The zero-order valence-corrected chi connectivity index (χ0v) is 16.3. The molecule has 0 radical (unpaired) electrons. The molecule has 1 heterocycles. The third kappa shape index (κ3) is 6.17. The molecule has 2 rings (SSSR count). The molecule has 0 fully saturated rings. The number of rotatable bonds is 5. The Kier molecular flexibility index (Phi) is 8.01. The van der Waals surface area contributed by atoms with E-state index in [2.05, 4.69) is 57.8 Å². The van der Waals surface area contributed by atoms with Crippen molar-refractivity contribution >= 4 is 29.9 Å². The summed E-state index contributed by atoms with van der Waals surface area (Å²) in [4.78, 5) is 8.76. The molecule has 0 spiro atoms. The highest BCUT2D eigenvalue weighted by Gasteiger charge is 2.04. The number of aliphatic imine (C=N–C) groups is 1. The summed E-state index contributed by atoms with van der Waals surface area (Å²) in [6.07, 6.45) is 0. The van der Waals surface area contributed by atoms with Crippen LogP contribution in [0.15, 0.2) is 27.7 Å². The van der Waals surface area contributed by atoms with Gasteiger partial charge in [0, 0.05) is 6.54 Å². The first-order valence-corrected chi connectivity index (χ1v) is 7.46. The molecule has 0 amide bonds. The lowest BCUT2D eigenvalue weighted by Gasteiger charge is -2.10. The fourth-order valence-electron chi connectivity index (χ4n) is 2.10. The molecule has 0 aliphatic heterocycles. The van der Waals surface area contributed by atoms with Crippen molar-refractivity contribution in [2.24, 2.45) is 4.99 Å². The van der Waals surface area contributed by atoms with Crippen molar-refractivity contribution in [1.82, 2.24) is 20.8 Å². The van der Waals surface area contributed by atoms with Gasteiger partial charge in [0.25, 0.3) is 0 Å². The van der Waals surface area contributed by atoms with Crippen molar-refractivity contribution in [1.29, 1.82) is 0 Å². The maximum absolute atomic E-state index is 5.08. The van der Waals surface area contributed by atoms with Crippen LogP contribution in [0, 0.1) is 20.8 Å². The molecule has 0 saturated carbocycles. The molecule has 0 unspecified atom stereocenters. The number of halogens is 1. The van der Waals surface area contributed by atoms with Crippen molar-refractivity contribution < 1.29 is 4.52 Å². The lowest BCUT2D eigenvalue weighted by molar-refractivity contribution is 0.371. The highest BCUT2D eigenvalue weighted by molar-refractivity contribution is 14.0. The van der Waals surface area contributed by atoms with Gasteiger partial charge in [0.2, 0.25) is 5.89 Å². The molecule has 2 N–H and O–H groups in total. The zero-order valence-electron chi connectivity index (χ0n) is 14.0. The number of aryl methyl sites for hydroxylation is 3. The van der Waals surface area contributed by atoms with Crippen LogP contribution < -0.4 is 10.6 Å². The average molecular weight is 429 g/mol. The fourth-order valence-corrected chi connectivity index (χ4v) is 2.10. The van der Waals surface area contributed by atoms with E-state index in [0.29, 0.717) is 24.8 Å². The first-order valence-electron chi connectivity index (χ1n) is 7.46. The molecule has 126 valence electrons. The van der Waals surface area contributed by atoms with Crippen molar-refractivity contribution in [2.45, 2.75) is 40.8 Å². The fraction of sp³-hybridized carbons (Fsp3) is 0.438. The number of aromatic nitrogens is 2. The molecular formula is C16H24IN5O. The van der Waals surface area contributed by atoms with Crippen LogP contribution in [0.4, 0.5) is 0 Å². The lowest BCUT2D eigenvalue weighted by atomic mass is 10.1. The van der Waals surface area contributed by atoms with Crippen molar-refractivity contribution in [3.8, 4) is 0 Å². The molecular weight excluding hydrogens is 405 g/mol. The van der Waals surface area contributed by atoms with Gasteiger partial charge in [-0.3, -0.25) is 0 Å². The molecule has 0 atom stereocenters. The summed E-state index contributed by atoms with van der Waals surface area (Å²) in [6, 6.07) is 6.41. The van der Waals surface area contributed by atoms with Crippen LogP contribution in [-0.4, -0.2) is 22.6 Å². The predicted molar refractivity (Wildman–Crippen MR) is 102 cm³/mol. The smallest absolute Gasteiger partial charge is 0.246 e. The van der Waals surface area contributed by atoms with Gasteiger partial charge in [-0.15, -0.1) is 24.0 Å². The summed E-state index contributed by atoms with van der Waals surface area (Å²) in [7, 11) is 0. The Morgan fingerprint density at radius 1 is 1.22 bits per heavy atom. The van der Waals surface area contributed by atoms with Crippen LogP contribution in [-0.2, 0) is 13.1 Å². The molecule has 0 aliphatic rings. The van der Waals surface area contributed by atoms with Crippen LogP contribution in [0.1, 0.15) is 35.3 Å². The van der Waals surface area contributed by atoms with Crippen LogP contribution in [0.2, 0.25) is 0 Å². The number of hydrogen-bond acceptors (Lipinski definition) is 4. The van der Waals surface area contributed by atoms with Crippen molar-refractivity contribution in [2.75, 3.05) is 6.54 Å². The highest BCUT2D eigenvalue weighted by Crippen LogP contribution is 2.11. The quantitative estimate of drug-likeness (QED) is 0.435. The largest absolute Gasteiger partial charge is 0.357 e. The maximum atomic E-state index is 5.08. The van der Waals surface area contributed by atoms with Crippen LogP contribution in [0.3, 0.4) is 0 Å². The van der Waals surface area contributed by atoms with E-state index < -0.39 is 0 Å². The second-order valence-electron chi connectivity index (χ2n) is 5.21. The predicted octanol–water partition coefficient (Wildman–Crippen LogP) is 2.87. The number of hydrogen-bond donors (Lipinski definition) is 2. The Bertz CT molecular complexity index is 654. The summed E-state index contributed by atoms with van der Waals surface area (Å²) in [6.45, 7) is 9.92. The standard InChI is InChI=1S/C16H23N5O.HI/c1-5-17-16(19-10-15-20-13(4)21-22-15)18-9-14-7-6-11(2)8-12(14)3;/h6-8H,5,9-10H2,1-4H3,(H2,17,18,19);1H. The summed E-state index contributed by atoms with van der Waals surface area (Å²) in [5, 5.41) is 10.2. The molecule has 1 aromatic carbocycles. The summed E-state index contributed by atoms with van der Waals surface area (Å²) >= 11 is 0. The third-order valence-electron chi connectivity index (χ3n) is 3.23. The van der Waals surface area contributed by atoms with Gasteiger partial charge < -0.3 is 15.2 Å². The van der Waals surface area contributed by atoms with E-state index in [9.17, 15) is 0 Å². The Balaban J connectivity index is 0.00000264. The first kappa shape index (κ1) is 19.4. The van der Waals surface area contributed by atoms with E-state index in [-0.39, 0.29) is 24.0 Å². The lowest BCUT2D eigenvalue weighted by Crippen LogP contribution is -2.36. The number of nitrogens with one attached hydrogen (secondary N) is 2. The zero-order chi connectivity index (χ0) is 15.9. The Morgan fingerprint density at radius 2 is 2.00 bits per heavy atom. The monoisotopic (exact) mass is 429 g/mol. The van der Waals surface area contributed by atoms with Gasteiger partial charge in [-0.2, -0.15) is 4.98 Å². The number of nitrogens with zero attached hydrogens (tertiary/aromatic N) is 3. The topological polar surface area (TPSA) is 75.3 Å². The van der Waals surface area contributed by atoms with Crippen LogP contribution in [0.25, 0.3) is 0 Å². The molecule has 7 heteroatoms. The van der Waals surface area contributed by atoms with Crippen molar-refractivity contribution in [3.63, 3.8) is 0 Å². The van der Waals surface area contributed by atoms with Gasteiger partial charge in [-0.1, -0.05) is 28.9 Å². The van der Waals surface area contributed by atoms with Gasteiger partial charge in [0.05, 0.1) is 13.1 Å². The first-order chi connectivity index (χ1) is 10.6. The molecule has 2 aromatic rings. The summed E-state index contributed by atoms with van der Waals surface area (Å²) in [5.41, 5.74) is 3.74. The molecule has 0 bridgehead atoms. The van der Waals surface area contributed by atoms with Crippen LogP contribution >= 0.6 is 24.0 Å². The normalized spacial score (nSPS) is 11.0. The summed E-state index contributed by atoms with van der Waals surface area (Å²) in [5.74, 6) is 1.92. The van der Waals surface area contributed by atoms with Crippen LogP contribution in [0.5, 0.6) is 0 Å². The highest BCUT2D eigenvalue weighted by atomic mass is 127. The SMILES string of the molecule is CCNC(=NCc1ccc(C)cc1C)NCc1nc(C)no1.I. The molecule has 6 nitrogen and oxygen atoms in total. The van der Waals surface area contributed by atoms with E-state index in [1.165, 1.54) is 16.7 Å². The molecule has 0 saturated heterocycles. The van der Waals surface area contributed by atoms with Gasteiger partial charge in [-0.25, -0.2) is 4.99 Å². The molecule has 1 aromatic heterocycles. The summed E-state index contributed by atoms with van der Waals surface area (Å²) < 4.78 is 5.08. The minimum Gasteiger partial charge on any atom is -0.357 e.